The highest BCUT2D eigenvalue weighted by molar-refractivity contribution is 6.03. The van der Waals surface area contributed by atoms with Gasteiger partial charge >= 0.3 is 17.9 Å². The van der Waals surface area contributed by atoms with Crippen LogP contribution in [0.3, 0.4) is 0 Å². The van der Waals surface area contributed by atoms with Gasteiger partial charge in [-0.15, -0.1) is 0 Å². The summed E-state index contributed by atoms with van der Waals surface area (Å²) in [5.41, 5.74) is 0.803. The van der Waals surface area contributed by atoms with Crippen LogP contribution >= 0.6 is 0 Å². The molecule has 162 valence electrons. The van der Waals surface area contributed by atoms with Gasteiger partial charge in [0, 0.05) is 0 Å². The molecular weight excluding hydrogens is 406 g/mol. The maximum absolute atomic E-state index is 12.5. The average Bonchev–Trinajstić information content (AvgIpc) is 2.82. The molecule has 2 aromatic rings. The van der Waals surface area contributed by atoms with E-state index in [9.17, 15) is 14.4 Å². The van der Waals surface area contributed by atoms with E-state index < -0.39 is 17.9 Å². The van der Waals surface area contributed by atoms with Crippen molar-refractivity contribution in [3.05, 3.63) is 65.4 Å². The maximum Gasteiger partial charge on any atom is 0.355 e. The van der Waals surface area contributed by atoms with Crippen LogP contribution in [0.25, 0.3) is 0 Å². The van der Waals surface area contributed by atoms with Crippen molar-refractivity contribution in [2.45, 2.75) is 0 Å². The minimum Gasteiger partial charge on any atom is -0.466 e. The number of benzene rings is 2. The fourth-order valence-corrected chi connectivity index (χ4v) is 3.03. The van der Waals surface area contributed by atoms with Gasteiger partial charge in [0.2, 0.25) is 0 Å². The summed E-state index contributed by atoms with van der Waals surface area (Å²) in [5, 5.41) is 0. The molecule has 0 fully saturated rings. The first-order chi connectivity index (χ1) is 15.0. The van der Waals surface area contributed by atoms with E-state index in [0.29, 0.717) is 22.7 Å². The highest BCUT2D eigenvalue weighted by Gasteiger charge is 2.33. The first kappa shape index (κ1) is 21.8. The van der Waals surface area contributed by atoms with E-state index in [0.717, 1.165) is 0 Å². The molecule has 0 N–H and O–H groups in total. The Hall–Kier alpha value is -3.85. The van der Waals surface area contributed by atoms with Crippen LogP contribution in [-0.2, 0) is 28.5 Å². The van der Waals surface area contributed by atoms with Gasteiger partial charge in [0.15, 0.2) is 5.75 Å². The van der Waals surface area contributed by atoms with Crippen molar-refractivity contribution >= 4 is 23.6 Å². The first-order valence-electron chi connectivity index (χ1n) is 9.20. The smallest absolute Gasteiger partial charge is 0.355 e. The molecular formula is C22H21NO8. The van der Waals surface area contributed by atoms with Crippen LogP contribution in [0, 0.1) is 0 Å². The van der Waals surface area contributed by atoms with E-state index in [2.05, 4.69) is 0 Å². The van der Waals surface area contributed by atoms with Crippen molar-refractivity contribution in [1.29, 1.82) is 0 Å². The Balaban J connectivity index is 2.03. The molecule has 0 bridgehead atoms. The summed E-state index contributed by atoms with van der Waals surface area (Å²) < 4.78 is 25.9. The number of hydrogen-bond donors (Lipinski definition) is 0. The van der Waals surface area contributed by atoms with E-state index in [-0.39, 0.29) is 24.6 Å². The summed E-state index contributed by atoms with van der Waals surface area (Å²) in [7, 11) is 3.73. The molecule has 0 amide bonds. The quantitative estimate of drug-likeness (QED) is 0.509. The summed E-state index contributed by atoms with van der Waals surface area (Å²) in [6.07, 6.45) is 0. The van der Waals surface area contributed by atoms with Gasteiger partial charge in [0.05, 0.1) is 44.8 Å². The van der Waals surface area contributed by atoms with Crippen LogP contribution in [0.2, 0.25) is 0 Å². The van der Waals surface area contributed by atoms with E-state index >= 15 is 0 Å². The number of ether oxygens (including phenoxy) is 5. The van der Waals surface area contributed by atoms with Gasteiger partial charge in [-0.25, -0.2) is 14.4 Å². The normalized spacial score (nSPS) is 13.5. The Morgan fingerprint density at radius 1 is 0.871 bits per heavy atom. The highest BCUT2D eigenvalue weighted by Crippen LogP contribution is 2.36. The number of esters is 3. The van der Waals surface area contributed by atoms with Gasteiger partial charge in [-0.05, 0) is 30.3 Å². The van der Waals surface area contributed by atoms with E-state index in [1.807, 2.05) is 0 Å². The third-order valence-corrected chi connectivity index (χ3v) is 4.47. The number of anilines is 1. The number of para-hydroxylation sites is 2. The van der Waals surface area contributed by atoms with Gasteiger partial charge in [-0.3, -0.25) is 0 Å². The molecule has 2 aromatic carbocycles. The van der Waals surface area contributed by atoms with Crippen molar-refractivity contribution in [3.63, 3.8) is 0 Å². The fraction of sp³-hybridized carbons (Fsp3) is 0.227. The zero-order valence-corrected chi connectivity index (χ0v) is 17.2. The van der Waals surface area contributed by atoms with E-state index in [1.54, 1.807) is 42.5 Å². The zero-order valence-electron chi connectivity index (χ0n) is 17.2. The highest BCUT2D eigenvalue weighted by atomic mass is 16.5. The van der Waals surface area contributed by atoms with Crippen LogP contribution in [0.1, 0.15) is 10.4 Å². The summed E-state index contributed by atoms with van der Waals surface area (Å²) in [6, 6.07) is 13.3. The predicted molar refractivity (Wildman–Crippen MR) is 109 cm³/mol. The summed E-state index contributed by atoms with van der Waals surface area (Å²) in [4.78, 5) is 38.0. The minimum atomic E-state index is -0.716. The second kappa shape index (κ2) is 9.77. The van der Waals surface area contributed by atoms with Crippen molar-refractivity contribution in [3.8, 4) is 11.5 Å². The molecule has 9 nitrogen and oxygen atoms in total. The van der Waals surface area contributed by atoms with E-state index in [1.165, 1.54) is 32.3 Å². The SMILES string of the molecule is COC(=O)C1=C(C(=O)OC)N(c2ccccc2Oc2cccc(C(=O)OC)c2)COC1. The van der Waals surface area contributed by atoms with Crippen LogP contribution in [-0.4, -0.2) is 52.6 Å². The van der Waals surface area contributed by atoms with Crippen LogP contribution in [0.15, 0.2) is 59.8 Å². The Morgan fingerprint density at radius 3 is 2.29 bits per heavy atom. The van der Waals surface area contributed by atoms with Gasteiger partial charge < -0.3 is 28.6 Å². The van der Waals surface area contributed by atoms with Crippen molar-refractivity contribution in [2.24, 2.45) is 0 Å². The zero-order chi connectivity index (χ0) is 22.4. The fourth-order valence-electron chi connectivity index (χ4n) is 3.03. The van der Waals surface area contributed by atoms with Crippen LogP contribution < -0.4 is 9.64 Å². The largest absolute Gasteiger partial charge is 0.466 e. The third-order valence-electron chi connectivity index (χ3n) is 4.47. The van der Waals surface area contributed by atoms with E-state index in [4.69, 9.17) is 23.7 Å². The van der Waals surface area contributed by atoms with Crippen molar-refractivity contribution < 1.29 is 38.1 Å². The number of methoxy groups -OCH3 is 3. The molecule has 1 aliphatic rings. The molecule has 1 aliphatic heterocycles. The standard InChI is InChI=1S/C22H21NO8/c1-27-20(24)14-7-6-8-15(11-14)31-18-10-5-4-9-17(18)23-13-30-12-16(21(25)28-2)19(23)22(26)29-3/h4-11H,12-13H2,1-3H3. The Labute approximate surface area is 178 Å². The number of hydrogen-bond acceptors (Lipinski definition) is 9. The van der Waals surface area contributed by atoms with Crippen LogP contribution in [0.5, 0.6) is 11.5 Å². The molecule has 9 heteroatoms. The monoisotopic (exact) mass is 427 g/mol. The number of rotatable bonds is 6. The lowest BCUT2D eigenvalue weighted by atomic mass is 10.1. The van der Waals surface area contributed by atoms with Gasteiger partial charge in [0.25, 0.3) is 0 Å². The number of nitrogens with zero attached hydrogens (tertiary/aromatic N) is 1. The minimum absolute atomic E-state index is 0.0000357. The summed E-state index contributed by atoms with van der Waals surface area (Å²) in [6.45, 7) is -0.120. The molecule has 0 aromatic heterocycles. The lowest BCUT2D eigenvalue weighted by Crippen LogP contribution is -2.38. The second-order valence-electron chi connectivity index (χ2n) is 6.31. The molecule has 0 spiro atoms. The predicted octanol–water partition coefficient (Wildman–Crippen LogP) is 2.66. The Morgan fingerprint density at radius 2 is 1.58 bits per heavy atom. The number of carbonyl (C=O) groups excluding carboxylic acids is 3. The molecule has 31 heavy (non-hydrogen) atoms. The summed E-state index contributed by atoms with van der Waals surface area (Å²) in [5.74, 6) is -1.17. The van der Waals surface area contributed by atoms with Gasteiger partial charge in [-0.2, -0.15) is 0 Å². The molecule has 0 unspecified atom stereocenters. The molecule has 0 aliphatic carbocycles. The number of carbonyl (C=O) groups is 3. The topological polar surface area (TPSA) is 101 Å². The van der Waals surface area contributed by atoms with Gasteiger partial charge in [0.1, 0.15) is 18.2 Å². The Bertz CT molecular complexity index is 1030. The summed E-state index contributed by atoms with van der Waals surface area (Å²) >= 11 is 0. The Kier molecular flexibility index (Phi) is 6.88. The molecule has 0 saturated carbocycles. The van der Waals surface area contributed by atoms with Crippen molar-refractivity contribution in [2.75, 3.05) is 39.6 Å². The third kappa shape index (κ3) is 4.67. The van der Waals surface area contributed by atoms with Crippen LogP contribution in [0.4, 0.5) is 5.69 Å². The molecule has 0 saturated heterocycles. The van der Waals surface area contributed by atoms with Gasteiger partial charge in [-0.1, -0.05) is 18.2 Å². The molecule has 0 radical (unpaired) electrons. The maximum atomic E-state index is 12.5. The molecule has 0 atom stereocenters. The molecule has 1 heterocycles. The molecule has 3 rings (SSSR count). The second-order valence-corrected chi connectivity index (χ2v) is 6.31. The average molecular weight is 427 g/mol. The first-order valence-corrected chi connectivity index (χ1v) is 9.20. The lowest BCUT2D eigenvalue weighted by molar-refractivity contribution is -0.140. The van der Waals surface area contributed by atoms with Crippen molar-refractivity contribution in [1.82, 2.24) is 0 Å². The lowest BCUT2D eigenvalue weighted by Gasteiger charge is -2.32.